The monoisotopic (exact) mass is 445 g/mol. The van der Waals surface area contributed by atoms with E-state index in [9.17, 15) is 9.59 Å². The van der Waals surface area contributed by atoms with Crippen molar-refractivity contribution in [1.29, 1.82) is 0 Å². The van der Waals surface area contributed by atoms with Crippen LogP contribution in [-0.2, 0) is 9.59 Å². The van der Waals surface area contributed by atoms with E-state index in [0.29, 0.717) is 23.7 Å². The molecule has 1 aliphatic rings. The molecule has 0 bridgehead atoms. The third kappa shape index (κ3) is 4.23. The highest BCUT2D eigenvalue weighted by Gasteiger charge is 2.38. The van der Waals surface area contributed by atoms with Gasteiger partial charge < -0.3 is 10.1 Å². The van der Waals surface area contributed by atoms with Gasteiger partial charge in [-0.25, -0.2) is 0 Å². The van der Waals surface area contributed by atoms with Crippen molar-refractivity contribution in [2.45, 2.75) is 6.92 Å². The number of thiocarbonyl (C=S) groups is 1. The van der Waals surface area contributed by atoms with Gasteiger partial charge in [0, 0.05) is 10.7 Å². The maximum atomic E-state index is 12.9. The van der Waals surface area contributed by atoms with Gasteiger partial charge in [-0.1, -0.05) is 28.1 Å². The Morgan fingerprint density at radius 3 is 2.63 bits per heavy atom. The van der Waals surface area contributed by atoms with Gasteiger partial charge in [0.05, 0.1) is 12.3 Å². The first kappa shape index (κ1) is 19.2. The average Bonchev–Trinajstić information content (AvgIpc) is 2.64. The number of para-hydroxylation sites is 2. The van der Waals surface area contributed by atoms with Gasteiger partial charge in [0.2, 0.25) is 5.91 Å². The zero-order valence-corrected chi connectivity index (χ0v) is 16.8. The molecule has 8 heteroatoms. The smallest absolute Gasteiger partial charge is 0.251 e. The van der Waals surface area contributed by atoms with Crippen LogP contribution in [0.15, 0.2) is 58.0 Å². The van der Waals surface area contributed by atoms with Crippen molar-refractivity contribution >= 4 is 62.7 Å². The Bertz CT molecular complexity index is 915. The Morgan fingerprint density at radius 2 is 1.93 bits per heavy atom. The lowest BCUT2D eigenvalue weighted by molar-refractivity contribution is -0.130. The SMILES string of the molecule is CCOc1ccccc1N=C[C@@H]1C(=O)NC(=S)N(c2ccc(Br)cc2)C1=O. The summed E-state index contributed by atoms with van der Waals surface area (Å²) in [5.74, 6) is -1.46. The highest BCUT2D eigenvalue weighted by Crippen LogP contribution is 2.27. The van der Waals surface area contributed by atoms with Gasteiger partial charge in [-0.15, -0.1) is 0 Å². The molecule has 1 fully saturated rings. The molecule has 2 aromatic carbocycles. The molecule has 0 unspecified atom stereocenters. The summed E-state index contributed by atoms with van der Waals surface area (Å²) in [6.45, 7) is 2.36. The molecule has 3 rings (SSSR count). The summed E-state index contributed by atoms with van der Waals surface area (Å²) < 4.78 is 6.39. The molecule has 27 heavy (non-hydrogen) atoms. The van der Waals surface area contributed by atoms with E-state index >= 15 is 0 Å². The lowest BCUT2D eigenvalue weighted by Gasteiger charge is -2.30. The van der Waals surface area contributed by atoms with Gasteiger partial charge >= 0.3 is 0 Å². The van der Waals surface area contributed by atoms with Gasteiger partial charge in [-0.3, -0.25) is 19.5 Å². The summed E-state index contributed by atoms with van der Waals surface area (Å²) in [7, 11) is 0. The third-order valence-electron chi connectivity index (χ3n) is 3.81. The molecule has 1 N–H and O–H groups in total. The van der Waals surface area contributed by atoms with E-state index < -0.39 is 17.7 Å². The molecule has 0 spiro atoms. The van der Waals surface area contributed by atoms with Crippen LogP contribution in [0.25, 0.3) is 0 Å². The predicted octanol–water partition coefficient (Wildman–Crippen LogP) is 3.61. The summed E-state index contributed by atoms with van der Waals surface area (Å²) in [5.41, 5.74) is 1.12. The van der Waals surface area contributed by atoms with E-state index in [1.54, 1.807) is 42.5 Å². The summed E-state index contributed by atoms with van der Waals surface area (Å²) >= 11 is 8.53. The molecule has 1 saturated heterocycles. The molecule has 138 valence electrons. The van der Waals surface area contributed by atoms with Gasteiger partial charge in [-0.2, -0.15) is 0 Å². The van der Waals surface area contributed by atoms with Crippen molar-refractivity contribution in [3.05, 3.63) is 53.0 Å². The summed E-state index contributed by atoms with van der Waals surface area (Å²) in [5, 5.41) is 2.61. The molecule has 1 aliphatic heterocycles. The number of amides is 2. The van der Waals surface area contributed by atoms with Crippen LogP contribution >= 0.6 is 28.1 Å². The maximum absolute atomic E-state index is 12.9. The number of rotatable bonds is 5. The van der Waals surface area contributed by atoms with Crippen molar-refractivity contribution in [1.82, 2.24) is 5.32 Å². The minimum atomic E-state index is -1.09. The van der Waals surface area contributed by atoms with Crippen LogP contribution in [0, 0.1) is 5.92 Å². The number of carbonyl (C=O) groups excluding carboxylic acids is 2. The molecule has 6 nitrogen and oxygen atoms in total. The molecule has 0 aliphatic carbocycles. The van der Waals surface area contributed by atoms with E-state index in [1.807, 2.05) is 13.0 Å². The normalized spacial score (nSPS) is 17.3. The van der Waals surface area contributed by atoms with E-state index in [0.717, 1.165) is 4.47 Å². The summed E-state index contributed by atoms with van der Waals surface area (Å²) in [6, 6.07) is 14.2. The lowest BCUT2D eigenvalue weighted by atomic mass is 10.1. The first-order chi connectivity index (χ1) is 13.0. The number of halogens is 1. The van der Waals surface area contributed by atoms with Crippen molar-refractivity contribution in [2.24, 2.45) is 10.9 Å². The van der Waals surface area contributed by atoms with Crippen LogP contribution in [0.2, 0.25) is 0 Å². The Hall–Kier alpha value is -2.58. The minimum absolute atomic E-state index is 0.0479. The van der Waals surface area contributed by atoms with Crippen LogP contribution in [0.4, 0.5) is 11.4 Å². The van der Waals surface area contributed by atoms with Crippen molar-refractivity contribution in [2.75, 3.05) is 11.5 Å². The quantitative estimate of drug-likeness (QED) is 0.433. The molecule has 2 amide bonds. The van der Waals surface area contributed by atoms with E-state index in [4.69, 9.17) is 17.0 Å². The predicted molar refractivity (Wildman–Crippen MR) is 112 cm³/mol. The largest absolute Gasteiger partial charge is 0.492 e. The van der Waals surface area contributed by atoms with Gasteiger partial charge in [0.25, 0.3) is 5.91 Å². The zero-order valence-electron chi connectivity index (χ0n) is 14.4. The Labute approximate surface area is 170 Å². The van der Waals surface area contributed by atoms with E-state index in [-0.39, 0.29) is 5.11 Å². The number of ether oxygens (including phenoxy) is 1. The Balaban J connectivity index is 1.89. The standard InChI is InChI=1S/C19H16BrN3O3S/c1-2-26-16-6-4-3-5-15(16)21-11-14-17(24)22-19(27)23(18(14)25)13-9-7-12(20)8-10-13/h3-11,14H,2H2,1H3,(H,22,24,27)/t14-/m1/s1. The highest BCUT2D eigenvalue weighted by atomic mass is 79.9. The average molecular weight is 446 g/mol. The number of hydrogen-bond acceptors (Lipinski definition) is 5. The summed E-state index contributed by atoms with van der Waals surface area (Å²) in [4.78, 5) is 30.8. The Morgan fingerprint density at radius 1 is 1.22 bits per heavy atom. The molecule has 2 aromatic rings. The van der Waals surface area contributed by atoms with Gasteiger partial charge in [0.15, 0.2) is 11.0 Å². The van der Waals surface area contributed by atoms with Gasteiger partial charge in [-0.05, 0) is 55.5 Å². The summed E-state index contributed by atoms with van der Waals surface area (Å²) in [6.07, 6.45) is 1.32. The molecule has 0 saturated carbocycles. The fourth-order valence-electron chi connectivity index (χ4n) is 2.55. The minimum Gasteiger partial charge on any atom is -0.492 e. The highest BCUT2D eigenvalue weighted by molar-refractivity contribution is 9.10. The van der Waals surface area contributed by atoms with Crippen LogP contribution in [0.3, 0.4) is 0 Å². The van der Waals surface area contributed by atoms with Crippen molar-refractivity contribution < 1.29 is 14.3 Å². The molecule has 1 heterocycles. The fraction of sp³-hybridized carbons (Fsp3) is 0.158. The molecule has 1 atom stereocenters. The first-order valence-electron chi connectivity index (χ1n) is 8.21. The number of hydrogen-bond donors (Lipinski definition) is 1. The second kappa shape index (κ2) is 8.41. The third-order valence-corrected chi connectivity index (χ3v) is 4.63. The van der Waals surface area contributed by atoms with Crippen molar-refractivity contribution in [3.8, 4) is 5.75 Å². The lowest BCUT2D eigenvalue weighted by Crippen LogP contribution is -2.58. The number of aliphatic imine (C=N–C) groups is 1. The number of nitrogens with one attached hydrogen (secondary N) is 1. The van der Waals surface area contributed by atoms with E-state index in [1.165, 1.54) is 11.1 Å². The Kier molecular flexibility index (Phi) is 5.98. The maximum Gasteiger partial charge on any atom is 0.251 e. The van der Waals surface area contributed by atoms with Crippen LogP contribution < -0.4 is 15.0 Å². The van der Waals surface area contributed by atoms with Gasteiger partial charge in [0.1, 0.15) is 11.4 Å². The number of benzene rings is 2. The molecular weight excluding hydrogens is 430 g/mol. The molecule has 0 radical (unpaired) electrons. The fourth-order valence-corrected chi connectivity index (χ4v) is 3.11. The zero-order chi connectivity index (χ0) is 19.4. The first-order valence-corrected chi connectivity index (χ1v) is 9.41. The van der Waals surface area contributed by atoms with Crippen molar-refractivity contribution in [3.63, 3.8) is 0 Å². The number of anilines is 1. The number of carbonyl (C=O) groups is 2. The van der Waals surface area contributed by atoms with Crippen LogP contribution in [0.5, 0.6) is 5.75 Å². The topological polar surface area (TPSA) is 71.0 Å². The number of nitrogens with zero attached hydrogens (tertiary/aromatic N) is 2. The molecule has 0 aromatic heterocycles. The van der Waals surface area contributed by atoms with E-state index in [2.05, 4.69) is 26.2 Å². The second-order valence-corrected chi connectivity index (χ2v) is 6.90. The van der Waals surface area contributed by atoms with Crippen LogP contribution in [-0.4, -0.2) is 29.7 Å². The second-order valence-electron chi connectivity index (χ2n) is 5.60. The molecular formula is C19H16BrN3O3S. The van der Waals surface area contributed by atoms with Crippen LogP contribution in [0.1, 0.15) is 6.92 Å².